The van der Waals surface area contributed by atoms with Gasteiger partial charge in [-0.15, -0.1) is 0 Å². The summed E-state index contributed by atoms with van der Waals surface area (Å²) < 4.78 is 0. The van der Waals surface area contributed by atoms with Gasteiger partial charge in [-0.25, -0.2) is 0 Å². The molecule has 2 aromatic rings. The molecule has 0 radical (unpaired) electrons. The molecule has 0 aliphatic carbocycles. The first-order chi connectivity index (χ1) is 11.6. The van der Waals surface area contributed by atoms with E-state index >= 15 is 0 Å². The summed E-state index contributed by atoms with van der Waals surface area (Å²) in [5.41, 5.74) is 4.61. The van der Waals surface area contributed by atoms with E-state index in [1.165, 1.54) is 16.7 Å². The molecule has 0 atom stereocenters. The van der Waals surface area contributed by atoms with Gasteiger partial charge in [0.05, 0.1) is 0 Å². The number of aryl methyl sites for hydroxylation is 2. The number of amides is 1. The molecule has 3 heteroatoms. The van der Waals surface area contributed by atoms with E-state index in [2.05, 4.69) is 49.1 Å². The van der Waals surface area contributed by atoms with Crippen LogP contribution in [0.25, 0.3) is 0 Å². The third-order valence-corrected chi connectivity index (χ3v) is 4.97. The van der Waals surface area contributed by atoms with Gasteiger partial charge >= 0.3 is 0 Å². The van der Waals surface area contributed by atoms with E-state index in [4.69, 9.17) is 0 Å². The van der Waals surface area contributed by atoms with E-state index in [0.717, 1.165) is 44.7 Å². The van der Waals surface area contributed by atoms with E-state index in [1.54, 1.807) is 0 Å². The molecule has 0 spiro atoms. The monoisotopic (exact) mass is 322 g/mol. The van der Waals surface area contributed by atoms with Crippen molar-refractivity contribution in [3.63, 3.8) is 0 Å². The Bertz CT molecular complexity index is 688. The van der Waals surface area contributed by atoms with Gasteiger partial charge in [-0.3, -0.25) is 9.69 Å². The van der Waals surface area contributed by atoms with Crippen molar-refractivity contribution in [2.24, 2.45) is 0 Å². The van der Waals surface area contributed by atoms with Gasteiger partial charge in [0.2, 0.25) is 0 Å². The summed E-state index contributed by atoms with van der Waals surface area (Å²) in [7, 11) is 0. The van der Waals surface area contributed by atoms with Crippen LogP contribution >= 0.6 is 0 Å². The lowest BCUT2D eigenvalue weighted by Crippen LogP contribution is -2.49. The predicted octanol–water partition coefficient (Wildman–Crippen LogP) is 3.30. The molecule has 1 heterocycles. The smallest absolute Gasteiger partial charge is 0.253 e. The Morgan fingerprint density at radius 1 is 0.917 bits per heavy atom. The first-order valence-corrected chi connectivity index (χ1v) is 8.76. The van der Waals surface area contributed by atoms with Gasteiger partial charge < -0.3 is 4.90 Å². The van der Waals surface area contributed by atoms with E-state index in [1.807, 2.05) is 23.1 Å². The van der Waals surface area contributed by atoms with Gasteiger partial charge in [0.15, 0.2) is 0 Å². The number of carbonyl (C=O) groups is 1. The first kappa shape index (κ1) is 16.7. The highest BCUT2D eigenvalue weighted by Gasteiger charge is 2.22. The van der Waals surface area contributed by atoms with Crippen LogP contribution in [0.15, 0.2) is 48.5 Å². The molecule has 0 saturated carbocycles. The highest BCUT2D eigenvalue weighted by atomic mass is 16.2. The molecule has 1 amide bonds. The standard InChI is InChI=1S/C21H26N2O/c1-17-8-9-20(16-18(17)2)21(24)23-14-12-22(13-15-23)11-10-19-6-4-3-5-7-19/h3-9,16H,10-15H2,1-2H3. The molecule has 0 bridgehead atoms. The summed E-state index contributed by atoms with van der Waals surface area (Å²) in [6.45, 7) is 8.77. The minimum atomic E-state index is 0.167. The zero-order valence-electron chi connectivity index (χ0n) is 14.7. The number of hydrogen-bond donors (Lipinski definition) is 0. The highest BCUT2D eigenvalue weighted by molar-refractivity contribution is 5.94. The Morgan fingerprint density at radius 3 is 2.29 bits per heavy atom. The zero-order valence-corrected chi connectivity index (χ0v) is 14.7. The number of carbonyl (C=O) groups excluding carboxylic acids is 1. The van der Waals surface area contributed by atoms with Gasteiger partial charge in [0.1, 0.15) is 0 Å². The molecular formula is C21H26N2O. The highest BCUT2D eigenvalue weighted by Crippen LogP contribution is 2.14. The summed E-state index contributed by atoms with van der Waals surface area (Å²) in [6.07, 6.45) is 1.08. The van der Waals surface area contributed by atoms with Crippen molar-refractivity contribution in [3.05, 3.63) is 70.8 Å². The second-order valence-corrected chi connectivity index (χ2v) is 6.67. The lowest BCUT2D eigenvalue weighted by atomic mass is 10.1. The average Bonchev–Trinajstić information content (AvgIpc) is 2.63. The van der Waals surface area contributed by atoms with Gasteiger partial charge in [-0.1, -0.05) is 36.4 Å². The van der Waals surface area contributed by atoms with E-state index in [9.17, 15) is 4.79 Å². The molecule has 1 saturated heterocycles. The van der Waals surface area contributed by atoms with E-state index in [0.29, 0.717) is 0 Å². The molecular weight excluding hydrogens is 296 g/mol. The summed E-state index contributed by atoms with van der Waals surface area (Å²) >= 11 is 0. The van der Waals surface area contributed by atoms with Crippen molar-refractivity contribution in [2.45, 2.75) is 20.3 Å². The lowest BCUT2D eigenvalue weighted by molar-refractivity contribution is 0.0638. The summed E-state index contributed by atoms with van der Waals surface area (Å²) in [5, 5.41) is 0. The quantitative estimate of drug-likeness (QED) is 0.862. The maximum Gasteiger partial charge on any atom is 0.253 e. The van der Waals surface area contributed by atoms with Crippen LogP contribution in [0.4, 0.5) is 0 Å². The normalized spacial score (nSPS) is 15.5. The summed E-state index contributed by atoms with van der Waals surface area (Å²) in [6, 6.07) is 16.6. The molecule has 0 N–H and O–H groups in total. The fourth-order valence-electron chi connectivity index (χ4n) is 3.16. The number of piperazine rings is 1. The van der Waals surface area contributed by atoms with Gasteiger partial charge in [-0.2, -0.15) is 0 Å². The Hall–Kier alpha value is -2.13. The Labute approximate surface area is 144 Å². The second kappa shape index (κ2) is 7.63. The fraction of sp³-hybridized carbons (Fsp3) is 0.381. The van der Waals surface area contributed by atoms with E-state index < -0.39 is 0 Å². The fourth-order valence-corrected chi connectivity index (χ4v) is 3.16. The first-order valence-electron chi connectivity index (χ1n) is 8.76. The van der Waals surface area contributed by atoms with Crippen LogP contribution < -0.4 is 0 Å². The van der Waals surface area contributed by atoms with Crippen LogP contribution in [0.2, 0.25) is 0 Å². The van der Waals surface area contributed by atoms with Gasteiger partial charge in [0, 0.05) is 38.3 Å². The molecule has 126 valence electrons. The molecule has 2 aromatic carbocycles. The molecule has 1 aliphatic rings. The molecule has 1 aliphatic heterocycles. The minimum Gasteiger partial charge on any atom is -0.336 e. The molecule has 0 unspecified atom stereocenters. The third kappa shape index (κ3) is 4.04. The number of hydrogen-bond acceptors (Lipinski definition) is 2. The summed E-state index contributed by atoms with van der Waals surface area (Å²) in [4.78, 5) is 17.1. The molecule has 3 rings (SSSR count). The average molecular weight is 322 g/mol. The molecule has 24 heavy (non-hydrogen) atoms. The maximum absolute atomic E-state index is 12.7. The summed E-state index contributed by atoms with van der Waals surface area (Å²) in [5.74, 6) is 0.167. The van der Waals surface area contributed by atoms with Crippen LogP contribution in [0.3, 0.4) is 0 Å². The van der Waals surface area contributed by atoms with Crippen molar-refractivity contribution >= 4 is 5.91 Å². The zero-order chi connectivity index (χ0) is 16.9. The minimum absolute atomic E-state index is 0.167. The van der Waals surface area contributed by atoms with E-state index in [-0.39, 0.29) is 5.91 Å². The van der Waals surface area contributed by atoms with Gasteiger partial charge in [-0.05, 0) is 49.1 Å². The Morgan fingerprint density at radius 2 is 1.62 bits per heavy atom. The van der Waals surface area contributed by atoms with Crippen molar-refractivity contribution in [3.8, 4) is 0 Å². The SMILES string of the molecule is Cc1ccc(C(=O)N2CCN(CCc3ccccc3)CC2)cc1C. The lowest BCUT2D eigenvalue weighted by Gasteiger charge is -2.34. The van der Waals surface area contributed by atoms with Crippen molar-refractivity contribution < 1.29 is 4.79 Å². The van der Waals surface area contributed by atoms with Crippen molar-refractivity contribution in [1.82, 2.24) is 9.80 Å². The topological polar surface area (TPSA) is 23.6 Å². The Kier molecular flexibility index (Phi) is 5.31. The third-order valence-electron chi connectivity index (χ3n) is 4.97. The van der Waals surface area contributed by atoms with Crippen LogP contribution in [-0.4, -0.2) is 48.4 Å². The Balaban J connectivity index is 1.51. The van der Waals surface area contributed by atoms with Gasteiger partial charge in [0.25, 0.3) is 5.91 Å². The van der Waals surface area contributed by atoms with Crippen molar-refractivity contribution in [2.75, 3.05) is 32.7 Å². The molecule has 3 nitrogen and oxygen atoms in total. The molecule has 0 aromatic heterocycles. The van der Waals surface area contributed by atoms with Crippen LogP contribution in [-0.2, 0) is 6.42 Å². The largest absolute Gasteiger partial charge is 0.336 e. The maximum atomic E-state index is 12.7. The van der Waals surface area contributed by atoms with Crippen LogP contribution in [0.1, 0.15) is 27.0 Å². The number of benzene rings is 2. The number of rotatable bonds is 4. The van der Waals surface area contributed by atoms with Crippen LogP contribution in [0, 0.1) is 13.8 Å². The molecule has 1 fully saturated rings. The second-order valence-electron chi connectivity index (χ2n) is 6.67. The van der Waals surface area contributed by atoms with Crippen LogP contribution in [0.5, 0.6) is 0 Å². The van der Waals surface area contributed by atoms with Crippen molar-refractivity contribution in [1.29, 1.82) is 0 Å². The predicted molar refractivity (Wildman–Crippen MR) is 98.4 cm³/mol. The number of nitrogens with zero attached hydrogens (tertiary/aromatic N) is 2.